The van der Waals surface area contributed by atoms with E-state index in [0.717, 1.165) is 0 Å². The molecule has 0 aliphatic rings. The summed E-state index contributed by atoms with van der Waals surface area (Å²) < 4.78 is 0. The third kappa shape index (κ3) is 2.36. The number of carbonyl (C=O) groups is 1. The van der Waals surface area contributed by atoms with Gasteiger partial charge in [-0.1, -0.05) is 6.92 Å². The van der Waals surface area contributed by atoms with Gasteiger partial charge >= 0.3 is 13.2 Å². The van der Waals surface area contributed by atoms with Gasteiger partial charge in [-0.15, -0.1) is 0 Å². The zero-order valence-corrected chi connectivity index (χ0v) is 5.85. The van der Waals surface area contributed by atoms with E-state index >= 15 is 0 Å². The number of rotatable bonds is 2. The molecule has 0 spiro atoms. The molecule has 0 aromatic carbocycles. The van der Waals surface area contributed by atoms with Crippen molar-refractivity contribution < 1.29 is 14.6 Å². The van der Waals surface area contributed by atoms with Crippen molar-refractivity contribution in [3.63, 3.8) is 0 Å². The number of carbonyl (C=O) groups excluding carboxylic acids is 1. The average molecular weight is 137 g/mol. The SMILES string of the molecule is CCC(=O)[P+](C)(O)O. The first kappa shape index (κ1) is 8.02. The lowest BCUT2D eigenvalue weighted by atomic mass is 10.6. The topological polar surface area (TPSA) is 57.5 Å². The molecule has 0 aromatic rings. The lowest BCUT2D eigenvalue weighted by molar-refractivity contribution is -0.112. The van der Waals surface area contributed by atoms with Crippen LogP contribution in [0.3, 0.4) is 0 Å². The van der Waals surface area contributed by atoms with Crippen molar-refractivity contribution in [3.8, 4) is 0 Å². The summed E-state index contributed by atoms with van der Waals surface area (Å²) in [5.41, 5.74) is -0.447. The Kier molecular flexibility index (Phi) is 2.54. The van der Waals surface area contributed by atoms with Crippen molar-refractivity contribution in [1.82, 2.24) is 0 Å². The van der Waals surface area contributed by atoms with Crippen LogP contribution in [-0.2, 0) is 4.79 Å². The second-order valence-electron chi connectivity index (χ2n) is 1.66. The molecular formula is C4H10O3P+. The average Bonchev–Trinajstić information content (AvgIpc) is 1.62. The standard InChI is InChI=1S/C4H10O3P/c1-3-4(5)8(2,6)7/h6-7H,3H2,1-2H3/q+1. The van der Waals surface area contributed by atoms with Gasteiger partial charge in [-0.2, -0.15) is 0 Å². The molecule has 0 aliphatic heterocycles. The summed E-state index contributed by atoms with van der Waals surface area (Å²) >= 11 is 0. The highest BCUT2D eigenvalue weighted by molar-refractivity contribution is 7.80. The molecule has 48 valence electrons. The zero-order valence-electron chi connectivity index (χ0n) is 4.96. The van der Waals surface area contributed by atoms with Crippen LogP contribution in [0, 0.1) is 0 Å². The number of hydrogen-bond donors (Lipinski definition) is 2. The molecule has 0 radical (unpaired) electrons. The smallest absolute Gasteiger partial charge is 0.247 e. The summed E-state index contributed by atoms with van der Waals surface area (Å²) in [5.74, 6) is 0. The molecule has 0 aliphatic carbocycles. The second-order valence-corrected chi connectivity index (χ2v) is 3.99. The van der Waals surface area contributed by atoms with Gasteiger partial charge in [-0.05, 0) is 0 Å². The van der Waals surface area contributed by atoms with E-state index in [1.807, 2.05) is 0 Å². The minimum atomic E-state index is -3.15. The van der Waals surface area contributed by atoms with Crippen molar-refractivity contribution in [2.45, 2.75) is 13.3 Å². The van der Waals surface area contributed by atoms with Gasteiger partial charge in [-0.25, -0.2) is 14.6 Å². The van der Waals surface area contributed by atoms with E-state index in [0.29, 0.717) is 0 Å². The van der Waals surface area contributed by atoms with Crippen LogP contribution in [0.1, 0.15) is 13.3 Å². The first-order chi connectivity index (χ1) is 3.48. The Hall–Kier alpha value is 0.0200. The predicted molar refractivity (Wildman–Crippen MR) is 32.6 cm³/mol. The Labute approximate surface area is 48.8 Å². The van der Waals surface area contributed by atoms with Crippen LogP contribution in [-0.4, -0.2) is 22.0 Å². The van der Waals surface area contributed by atoms with E-state index in [1.54, 1.807) is 6.92 Å². The Morgan fingerprint density at radius 2 is 2.00 bits per heavy atom. The lowest BCUT2D eigenvalue weighted by Gasteiger charge is -1.99. The summed E-state index contributed by atoms with van der Waals surface area (Å²) in [6.07, 6.45) is 0.206. The van der Waals surface area contributed by atoms with E-state index in [4.69, 9.17) is 9.79 Å². The largest absolute Gasteiger partial charge is 0.333 e. The molecule has 8 heavy (non-hydrogen) atoms. The van der Waals surface area contributed by atoms with Crippen LogP contribution in [0.25, 0.3) is 0 Å². The minimum absolute atomic E-state index is 0.206. The van der Waals surface area contributed by atoms with Gasteiger partial charge in [0.2, 0.25) is 0 Å². The van der Waals surface area contributed by atoms with Gasteiger partial charge in [-0.3, -0.25) is 0 Å². The fourth-order valence-corrected chi connectivity index (χ4v) is 0.899. The summed E-state index contributed by atoms with van der Waals surface area (Å²) in [6, 6.07) is 0. The van der Waals surface area contributed by atoms with Crippen LogP contribution in [0.2, 0.25) is 0 Å². The van der Waals surface area contributed by atoms with Crippen LogP contribution < -0.4 is 0 Å². The first-order valence-corrected chi connectivity index (χ1v) is 4.48. The quantitative estimate of drug-likeness (QED) is 0.541. The molecule has 2 N–H and O–H groups in total. The summed E-state index contributed by atoms with van der Waals surface area (Å²) in [5, 5.41) is 0. The molecule has 0 fully saturated rings. The molecular weight excluding hydrogens is 127 g/mol. The van der Waals surface area contributed by atoms with Crippen molar-refractivity contribution in [2.75, 3.05) is 6.66 Å². The third-order valence-electron chi connectivity index (χ3n) is 0.775. The second kappa shape index (κ2) is 2.53. The first-order valence-electron chi connectivity index (χ1n) is 2.34. The van der Waals surface area contributed by atoms with Crippen LogP contribution >= 0.6 is 7.72 Å². The molecule has 0 bridgehead atoms. The third-order valence-corrected chi connectivity index (χ3v) is 2.04. The summed E-state index contributed by atoms with van der Waals surface area (Å²) in [7, 11) is -3.15. The molecule has 3 nitrogen and oxygen atoms in total. The fraction of sp³-hybridized carbons (Fsp3) is 0.750. The number of hydrogen-bond acceptors (Lipinski definition) is 3. The normalized spacial score (nSPS) is 11.5. The van der Waals surface area contributed by atoms with Crippen molar-refractivity contribution in [3.05, 3.63) is 0 Å². The maximum absolute atomic E-state index is 10.4. The monoisotopic (exact) mass is 137 g/mol. The Morgan fingerprint density at radius 1 is 1.62 bits per heavy atom. The molecule has 4 heteroatoms. The van der Waals surface area contributed by atoms with E-state index in [-0.39, 0.29) is 6.42 Å². The highest BCUT2D eigenvalue weighted by Gasteiger charge is 2.34. The highest BCUT2D eigenvalue weighted by atomic mass is 31.2. The van der Waals surface area contributed by atoms with E-state index in [2.05, 4.69) is 0 Å². The Bertz CT molecular complexity index is 93.9. The Balaban J connectivity index is 3.82. The van der Waals surface area contributed by atoms with Crippen LogP contribution in [0.4, 0.5) is 0 Å². The molecule has 0 atom stereocenters. The summed E-state index contributed by atoms with van der Waals surface area (Å²) in [6.45, 7) is 2.77. The maximum atomic E-state index is 10.4. The molecule has 0 saturated heterocycles. The van der Waals surface area contributed by atoms with E-state index in [9.17, 15) is 4.79 Å². The molecule has 0 rings (SSSR count). The lowest BCUT2D eigenvalue weighted by Crippen LogP contribution is -2.01. The van der Waals surface area contributed by atoms with Crippen LogP contribution in [0.5, 0.6) is 0 Å². The van der Waals surface area contributed by atoms with Gasteiger partial charge in [0, 0.05) is 6.42 Å². The van der Waals surface area contributed by atoms with Gasteiger partial charge in [0.25, 0.3) is 0 Å². The molecule has 0 saturated carbocycles. The molecule has 0 heterocycles. The summed E-state index contributed by atoms with van der Waals surface area (Å²) in [4.78, 5) is 27.6. The van der Waals surface area contributed by atoms with Crippen molar-refractivity contribution in [1.29, 1.82) is 0 Å². The van der Waals surface area contributed by atoms with Gasteiger partial charge < -0.3 is 0 Å². The zero-order chi connectivity index (χ0) is 6.78. The molecule has 0 aromatic heterocycles. The fourth-order valence-electron chi connectivity index (χ4n) is 0.300. The maximum Gasteiger partial charge on any atom is 0.333 e. The van der Waals surface area contributed by atoms with Crippen molar-refractivity contribution in [2.24, 2.45) is 0 Å². The van der Waals surface area contributed by atoms with Gasteiger partial charge in [0.15, 0.2) is 0 Å². The molecule has 0 amide bonds. The van der Waals surface area contributed by atoms with Gasteiger partial charge in [0.05, 0.1) is 0 Å². The van der Waals surface area contributed by atoms with Gasteiger partial charge in [0.1, 0.15) is 6.66 Å². The van der Waals surface area contributed by atoms with Crippen LogP contribution in [0.15, 0.2) is 0 Å². The molecule has 0 unspecified atom stereocenters. The highest BCUT2D eigenvalue weighted by Crippen LogP contribution is 2.46. The minimum Gasteiger partial charge on any atom is -0.247 e. The van der Waals surface area contributed by atoms with E-state index < -0.39 is 13.2 Å². The predicted octanol–water partition coefficient (Wildman–Crippen LogP) is 0.385. The Morgan fingerprint density at radius 3 is 2.00 bits per heavy atom. The van der Waals surface area contributed by atoms with Crippen molar-refractivity contribution >= 4 is 13.2 Å². The van der Waals surface area contributed by atoms with E-state index in [1.165, 1.54) is 6.66 Å².